The van der Waals surface area contributed by atoms with E-state index in [1.165, 1.54) is 4.90 Å². The van der Waals surface area contributed by atoms with Gasteiger partial charge in [-0.3, -0.25) is 14.6 Å². The second-order valence-electron chi connectivity index (χ2n) is 7.52. The number of aryl methyl sites for hydroxylation is 1. The number of amides is 1. The van der Waals surface area contributed by atoms with Gasteiger partial charge in [-0.25, -0.2) is 0 Å². The third-order valence-corrected chi connectivity index (χ3v) is 5.72. The number of carbonyl (C=O) groups excluding carboxylic acids is 2. The van der Waals surface area contributed by atoms with Crippen molar-refractivity contribution in [1.29, 1.82) is 0 Å². The van der Waals surface area contributed by atoms with Gasteiger partial charge in [-0.15, -0.1) is 0 Å². The molecule has 1 saturated heterocycles. The van der Waals surface area contributed by atoms with Gasteiger partial charge < -0.3 is 14.7 Å². The van der Waals surface area contributed by atoms with Gasteiger partial charge in [0, 0.05) is 29.5 Å². The van der Waals surface area contributed by atoms with Crippen molar-refractivity contribution in [2.75, 3.05) is 7.11 Å². The Morgan fingerprint density at radius 1 is 1.16 bits per heavy atom. The van der Waals surface area contributed by atoms with E-state index in [9.17, 15) is 14.7 Å². The van der Waals surface area contributed by atoms with Crippen molar-refractivity contribution in [2.24, 2.45) is 0 Å². The zero-order valence-corrected chi connectivity index (χ0v) is 18.3. The Labute approximate surface area is 190 Å². The molecule has 162 valence electrons. The fourth-order valence-electron chi connectivity index (χ4n) is 3.90. The van der Waals surface area contributed by atoms with Crippen LogP contribution in [0.5, 0.6) is 5.75 Å². The molecule has 3 aromatic rings. The van der Waals surface area contributed by atoms with Gasteiger partial charge in [-0.1, -0.05) is 29.8 Å². The number of pyridine rings is 1. The maximum Gasteiger partial charge on any atom is 0.295 e. The largest absolute Gasteiger partial charge is 0.507 e. The van der Waals surface area contributed by atoms with Gasteiger partial charge in [-0.05, 0) is 60.0 Å². The summed E-state index contributed by atoms with van der Waals surface area (Å²) in [6.07, 6.45) is 3.28. The standard InChI is InChI=1S/C25H21ClN2O4/c1-15-12-18(7-10-20(15)32-2)23(29)21-22(17-5-8-19(26)9-6-17)28(25(31)24(21)30)14-16-4-3-11-27-13-16/h3-13,22,29H,14H2,1-2H3/b23-21+/t22-/m0/s1. The van der Waals surface area contributed by atoms with Crippen molar-refractivity contribution in [3.8, 4) is 5.75 Å². The molecule has 6 nitrogen and oxygen atoms in total. The van der Waals surface area contributed by atoms with Gasteiger partial charge in [0.25, 0.3) is 11.7 Å². The SMILES string of the molecule is COc1ccc(/C(O)=C2\C(=O)C(=O)N(Cc3cccnc3)[C@H]2c2ccc(Cl)cc2)cc1C. The summed E-state index contributed by atoms with van der Waals surface area (Å²) in [7, 11) is 1.56. The Morgan fingerprint density at radius 3 is 2.53 bits per heavy atom. The number of benzene rings is 2. The average Bonchev–Trinajstić information content (AvgIpc) is 3.04. The summed E-state index contributed by atoms with van der Waals surface area (Å²) in [4.78, 5) is 31.7. The summed E-state index contributed by atoms with van der Waals surface area (Å²) >= 11 is 6.05. The lowest BCUT2D eigenvalue weighted by Gasteiger charge is -2.25. The molecule has 1 atom stereocenters. The molecule has 1 fully saturated rings. The molecule has 0 saturated carbocycles. The van der Waals surface area contributed by atoms with Gasteiger partial charge in [0.15, 0.2) is 0 Å². The number of halogens is 1. The fraction of sp³-hybridized carbons (Fsp3) is 0.160. The average molecular weight is 449 g/mol. The number of aliphatic hydroxyl groups is 1. The van der Waals surface area contributed by atoms with Crippen molar-refractivity contribution < 1.29 is 19.4 Å². The van der Waals surface area contributed by atoms with Crippen molar-refractivity contribution >= 4 is 29.1 Å². The van der Waals surface area contributed by atoms with E-state index in [1.807, 2.05) is 13.0 Å². The van der Waals surface area contributed by atoms with Crippen LogP contribution in [0.3, 0.4) is 0 Å². The molecule has 0 bridgehead atoms. The molecular weight excluding hydrogens is 428 g/mol. The van der Waals surface area contributed by atoms with Crippen LogP contribution in [0, 0.1) is 6.92 Å². The molecule has 7 heteroatoms. The first-order valence-corrected chi connectivity index (χ1v) is 10.4. The molecule has 1 N–H and O–H groups in total. The molecule has 0 aliphatic carbocycles. The summed E-state index contributed by atoms with van der Waals surface area (Å²) in [5.41, 5.74) is 2.70. The Balaban J connectivity index is 1.86. The Kier molecular flexibility index (Phi) is 5.97. The first-order chi connectivity index (χ1) is 15.4. The van der Waals surface area contributed by atoms with Gasteiger partial charge in [0.2, 0.25) is 0 Å². The number of ketones is 1. The maximum absolute atomic E-state index is 13.1. The van der Waals surface area contributed by atoms with Crippen molar-refractivity contribution in [3.63, 3.8) is 0 Å². The number of Topliss-reactive ketones (excluding diaryl/α,β-unsaturated/α-hetero) is 1. The Morgan fingerprint density at radius 2 is 1.91 bits per heavy atom. The fourth-order valence-corrected chi connectivity index (χ4v) is 4.03. The molecular formula is C25H21ClN2O4. The number of methoxy groups -OCH3 is 1. The lowest BCUT2D eigenvalue weighted by atomic mass is 9.94. The zero-order chi connectivity index (χ0) is 22.8. The summed E-state index contributed by atoms with van der Waals surface area (Å²) in [6, 6.07) is 14.8. The summed E-state index contributed by atoms with van der Waals surface area (Å²) in [5.74, 6) is -0.990. The minimum absolute atomic E-state index is 0.0331. The molecule has 0 unspecified atom stereocenters. The highest BCUT2D eigenvalue weighted by Crippen LogP contribution is 2.40. The molecule has 1 amide bonds. The van der Waals surface area contributed by atoms with Crippen LogP contribution in [-0.4, -0.2) is 33.8 Å². The smallest absolute Gasteiger partial charge is 0.295 e. The number of likely N-dealkylation sites (tertiary alicyclic amines) is 1. The molecule has 0 radical (unpaired) electrons. The lowest BCUT2D eigenvalue weighted by molar-refractivity contribution is -0.140. The molecule has 1 aliphatic rings. The highest BCUT2D eigenvalue weighted by molar-refractivity contribution is 6.46. The van der Waals surface area contributed by atoms with E-state index in [2.05, 4.69) is 4.98 Å². The minimum atomic E-state index is -0.769. The van der Waals surface area contributed by atoms with Crippen molar-refractivity contribution in [2.45, 2.75) is 19.5 Å². The molecule has 2 heterocycles. The van der Waals surface area contributed by atoms with Crippen LogP contribution >= 0.6 is 11.6 Å². The van der Waals surface area contributed by atoms with E-state index >= 15 is 0 Å². The van der Waals surface area contributed by atoms with Crippen LogP contribution in [0.2, 0.25) is 5.02 Å². The van der Waals surface area contributed by atoms with E-state index in [-0.39, 0.29) is 17.9 Å². The quantitative estimate of drug-likeness (QED) is 0.348. The number of aromatic nitrogens is 1. The predicted octanol–water partition coefficient (Wildman–Crippen LogP) is 4.67. The summed E-state index contributed by atoms with van der Waals surface area (Å²) in [6.45, 7) is 2.01. The monoisotopic (exact) mass is 448 g/mol. The third-order valence-electron chi connectivity index (χ3n) is 5.47. The van der Waals surface area contributed by atoms with E-state index in [0.29, 0.717) is 21.9 Å². The number of aliphatic hydroxyl groups excluding tert-OH is 1. The Hall–Kier alpha value is -3.64. The topological polar surface area (TPSA) is 79.7 Å². The molecule has 4 rings (SSSR count). The van der Waals surface area contributed by atoms with E-state index < -0.39 is 17.7 Å². The van der Waals surface area contributed by atoms with E-state index in [4.69, 9.17) is 16.3 Å². The van der Waals surface area contributed by atoms with Crippen molar-refractivity contribution in [1.82, 2.24) is 9.88 Å². The van der Waals surface area contributed by atoms with E-state index in [0.717, 1.165) is 11.1 Å². The number of nitrogens with zero attached hydrogens (tertiary/aromatic N) is 2. The second-order valence-corrected chi connectivity index (χ2v) is 7.96. The molecule has 1 aromatic heterocycles. The number of rotatable bonds is 5. The van der Waals surface area contributed by atoms with Crippen LogP contribution in [0.25, 0.3) is 5.76 Å². The number of hydrogen-bond donors (Lipinski definition) is 1. The van der Waals surface area contributed by atoms with Crippen LogP contribution in [0.1, 0.15) is 28.3 Å². The Bertz CT molecular complexity index is 1210. The summed E-state index contributed by atoms with van der Waals surface area (Å²) in [5, 5.41) is 11.7. The molecule has 1 aliphatic heterocycles. The van der Waals surface area contributed by atoms with Crippen molar-refractivity contribution in [3.05, 3.63) is 99.8 Å². The summed E-state index contributed by atoms with van der Waals surface area (Å²) < 4.78 is 5.28. The van der Waals surface area contributed by atoms with E-state index in [1.54, 1.807) is 68.0 Å². The normalized spacial score (nSPS) is 17.6. The molecule has 32 heavy (non-hydrogen) atoms. The number of ether oxygens (including phenoxy) is 1. The minimum Gasteiger partial charge on any atom is -0.507 e. The van der Waals surface area contributed by atoms with Crippen LogP contribution in [0.4, 0.5) is 0 Å². The first-order valence-electron chi connectivity index (χ1n) is 9.98. The number of carbonyl (C=O) groups is 2. The van der Waals surface area contributed by atoms with Crippen LogP contribution in [0.15, 0.2) is 72.6 Å². The lowest BCUT2D eigenvalue weighted by Crippen LogP contribution is -2.29. The third kappa shape index (κ3) is 3.97. The highest BCUT2D eigenvalue weighted by Gasteiger charge is 2.46. The zero-order valence-electron chi connectivity index (χ0n) is 17.6. The number of hydrogen-bond acceptors (Lipinski definition) is 5. The molecule has 2 aromatic carbocycles. The van der Waals surface area contributed by atoms with Gasteiger partial charge >= 0.3 is 0 Å². The maximum atomic E-state index is 13.1. The van der Waals surface area contributed by atoms with Gasteiger partial charge in [0.05, 0.1) is 18.7 Å². The van der Waals surface area contributed by atoms with Crippen LogP contribution in [-0.2, 0) is 16.1 Å². The molecule has 0 spiro atoms. The van der Waals surface area contributed by atoms with Gasteiger partial charge in [0.1, 0.15) is 11.5 Å². The van der Waals surface area contributed by atoms with Crippen LogP contribution < -0.4 is 4.74 Å². The first kappa shape index (κ1) is 21.6. The highest BCUT2D eigenvalue weighted by atomic mass is 35.5. The predicted molar refractivity (Wildman–Crippen MR) is 121 cm³/mol. The van der Waals surface area contributed by atoms with Gasteiger partial charge in [-0.2, -0.15) is 0 Å². The second kappa shape index (κ2) is 8.85.